The van der Waals surface area contributed by atoms with E-state index in [1.807, 2.05) is 0 Å². The van der Waals surface area contributed by atoms with E-state index in [0.717, 1.165) is 25.3 Å². The Kier molecular flexibility index (Phi) is 2.71. The summed E-state index contributed by atoms with van der Waals surface area (Å²) in [7, 11) is 0. The Bertz CT molecular complexity index is 428. The van der Waals surface area contributed by atoms with Crippen LogP contribution in [0.5, 0.6) is 0 Å². The number of hydrogen-bond donors (Lipinski definition) is 1. The fraction of sp³-hybridized carbons (Fsp3) is 0.667. The average molecular weight is 254 g/mol. The summed E-state index contributed by atoms with van der Waals surface area (Å²) in [6, 6.07) is 1.80. The topological polar surface area (TPSA) is 49.2 Å². The third-order valence-electron chi connectivity index (χ3n) is 4.30. The molecule has 1 aromatic rings. The predicted molar refractivity (Wildman–Crippen MR) is 66.1 cm³/mol. The van der Waals surface area contributed by atoms with Gasteiger partial charge in [-0.15, -0.1) is 0 Å². The van der Waals surface area contributed by atoms with Gasteiger partial charge in [0.15, 0.2) is 0 Å². The predicted octanol–water partition coefficient (Wildman–Crippen LogP) is 1.73. The molecule has 92 valence electrons. The molecule has 1 aliphatic carbocycles. The van der Waals surface area contributed by atoms with Crippen molar-refractivity contribution in [3.63, 3.8) is 0 Å². The quantitative estimate of drug-likeness (QED) is 0.816. The highest BCUT2D eigenvalue weighted by atomic mass is 35.5. The van der Waals surface area contributed by atoms with E-state index in [2.05, 4.69) is 14.9 Å². The summed E-state index contributed by atoms with van der Waals surface area (Å²) in [6.45, 7) is 2.16. The van der Waals surface area contributed by atoms with E-state index < -0.39 is 0 Å². The molecule has 1 saturated carbocycles. The largest absolute Gasteiger partial charge is 0.396 e. The Morgan fingerprint density at radius 2 is 2.41 bits per heavy atom. The molecule has 3 rings (SSSR count). The van der Waals surface area contributed by atoms with Gasteiger partial charge in [0.25, 0.3) is 0 Å². The second-order valence-electron chi connectivity index (χ2n) is 5.19. The number of aliphatic hydroxyl groups excluding tert-OH is 1. The molecule has 5 heteroatoms. The lowest BCUT2D eigenvalue weighted by Gasteiger charge is -2.26. The van der Waals surface area contributed by atoms with Crippen LogP contribution in [0.3, 0.4) is 0 Å². The zero-order valence-electron chi connectivity index (χ0n) is 9.64. The van der Waals surface area contributed by atoms with Gasteiger partial charge in [-0.3, -0.25) is 0 Å². The van der Waals surface area contributed by atoms with Gasteiger partial charge in [-0.1, -0.05) is 18.0 Å². The van der Waals surface area contributed by atoms with Crippen LogP contribution in [0, 0.1) is 11.3 Å². The minimum atomic E-state index is 0.0947. The molecule has 0 amide bonds. The fourth-order valence-electron chi connectivity index (χ4n) is 3.34. The highest BCUT2D eigenvalue weighted by Crippen LogP contribution is 2.49. The number of aromatic nitrogens is 2. The lowest BCUT2D eigenvalue weighted by atomic mass is 9.82. The molecule has 4 nitrogen and oxygen atoms in total. The highest BCUT2D eigenvalue weighted by molar-refractivity contribution is 6.29. The summed E-state index contributed by atoms with van der Waals surface area (Å²) < 4.78 is 0. The molecular weight excluding hydrogens is 238 g/mol. The van der Waals surface area contributed by atoms with Crippen molar-refractivity contribution in [2.75, 3.05) is 24.6 Å². The van der Waals surface area contributed by atoms with E-state index in [1.165, 1.54) is 19.2 Å². The first kappa shape index (κ1) is 11.2. The molecule has 1 N–H and O–H groups in total. The SMILES string of the molecule is OC[C@]12CCC[C@@H]1CN(c1cc(Cl)ncn1)C2. The first-order valence-electron chi connectivity index (χ1n) is 6.07. The van der Waals surface area contributed by atoms with Crippen LogP contribution in [0.15, 0.2) is 12.4 Å². The van der Waals surface area contributed by atoms with E-state index >= 15 is 0 Å². The maximum absolute atomic E-state index is 9.66. The number of aliphatic hydroxyl groups is 1. The van der Waals surface area contributed by atoms with Crippen molar-refractivity contribution in [2.45, 2.75) is 19.3 Å². The normalized spacial score (nSPS) is 31.9. The number of anilines is 1. The summed E-state index contributed by atoms with van der Waals surface area (Å²) in [5.41, 5.74) is 0.0947. The Hall–Kier alpha value is -0.870. The number of hydrogen-bond acceptors (Lipinski definition) is 4. The van der Waals surface area contributed by atoms with Crippen LogP contribution in [0.4, 0.5) is 5.82 Å². The maximum Gasteiger partial charge on any atom is 0.134 e. The smallest absolute Gasteiger partial charge is 0.134 e. The van der Waals surface area contributed by atoms with Crippen molar-refractivity contribution in [1.82, 2.24) is 9.97 Å². The molecule has 1 aromatic heterocycles. The molecule has 0 aromatic carbocycles. The lowest BCUT2D eigenvalue weighted by molar-refractivity contribution is 0.121. The van der Waals surface area contributed by atoms with Gasteiger partial charge in [-0.05, 0) is 18.8 Å². The molecule has 0 bridgehead atoms. The molecule has 0 spiro atoms. The molecule has 1 aliphatic heterocycles. The van der Waals surface area contributed by atoms with E-state index in [-0.39, 0.29) is 12.0 Å². The molecule has 2 fully saturated rings. The molecule has 2 aliphatic rings. The van der Waals surface area contributed by atoms with Crippen LogP contribution in [0.1, 0.15) is 19.3 Å². The number of nitrogens with zero attached hydrogens (tertiary/aromatic N) is 3. The van der Waals surface area contributed by atoms with Crippen molar-refractivity contribution in [3.05, 3.63) is 17.5 Å². The van der Waals surface area contributed by atoms with Gasteiger partial charge in [0.1, 0.15) is 17.3 Å². The van der Waals surface area contributed by atoms with E-state index in [9.17, 15) is 5.11 Å². The molecule has 0 unspecified atom stereocenters. The number of halogens is 1. The number of rotatable bonds is 2. The summed E-state index contributed by atoms with van der Waals surface area (Å²) in [6.07, 6.45) is 5.08. The summed E-state index contributed by atoms with van der Waals surface area (Å²) in [4.78, 5) is 10.4. The van der Waals surface area contributed by atoms with E-state index in [0.29, 0.717) is 11.1 Å². The highest BCUT2D eigenvalue weighted by Gasteiger charge is 2.49. The molecular formula is C12H16ClN3O. The van der Waals surface area contributed by atoms with Crippen LogP contribution in [-0.4, -0.2) is 34.8 Å². The molecule has 1 saturated heterocycles. The minimum Gasteiger partial charge on any atom is -0.396 e. The van der Waals surface area contributed by atoms with Gasteiger partial charge < -0.3 is 10.0 Å². The van der Waals surface area contributed by atoms with Crippen molar-refractivity contribution >= 4 is 17.4 Å². The van der Waals surface area contributed by atoms with E-state index in [1.54, 1.807) is 6.07 Å². The van der Waals surface area contributed by atoms with Gasteiger partial charge in [-0.25, -0.2) is 9.97 Å². The first-order chi connectivity index (χ1) is 8.23. The van der Waals surface area contributed by atoms with Gasteiger partial charge in [0.2, 0.25) is 0 Å². The Labute approximate surface area is 106 Å². The summed E-state index contributed by atoms with van der Waals surface area (Å²) in [5, 5.41) is 10.1. The second-order valence-corrected chi connectivity index (χ2v) is 5.58. The van der Waals surface area contributed by atoms with Crippen LogP contribution in [0.2, 0.25) is 5.15 Å². The van der Waals surface area contributed by atoms with E-state index in [4.69, 9.17) is 11.6 Å². The van der Waals surface area contributed by atoms with Crippen LogP contribution in [0.25, 0.3) is 0 Å². The molecule has 17 heavy (non-hydrogen) atoms. The van der Waals surface area contributed by atoms with Gasteiger partial charge >= 0.3 is 0 Å². The van der Waals surface area contributed by atoms with Crippen LogP contribution < -0.4 is 4.90 Å². The third-order valence-corrected chi connectivity index (χ3v) is 4.50. The Balaban J connectivity index is 1.84. The standard InChI is InChI=1S/C12H16ClN3O/c13-10-4-11(15-8-14-10)16-5-9-2-1-3-12(9,6-16)7-17/h4,8-9,17H,1-3,5-7H2/t9-,12-/m1/s1. The minimum absolute atomic E-state index is 0.0947. The zero-order chi connectivity index (χ0) is 11.9. The van der Waals surface area contributed by atoms with Gasteiger partial charge in [0, 0.05) is 24.6 Å². The van der Waals surface area contributed by atoms with Gasteiger partial charge in [-0.2, -0.15) is 0 Å². The Morgan fingerprint density at radius 3 is 3.12 bits per heavy atom. The van der Waals surface area contributed by atoms with Crippen LogP contribution in [-0.2, 0) is 0 Å². The third kappa shape index (κ3) is 1.79. The van der Waals surface area contributed by atoms with Crippen molar-refractivity contribution in [3.8, 4) is 0 Å². The molecule has 2 heterocycles. The molecule has 0 radical (unpaired) electrons. The van der Waals surface area contributed by atoms with Crippen molar-refractivity contribution in [2.24, 2.45) is 11.3 Å². The Morgan fingerprint density at radius 1 is 1.53 bits per heavy atom. The summed E-state index contributed by atoms with van der Waals surface area (Å²) in [5.74, 6) is 1.48. The second kappa shape index (κ2) is 4.10. The summed E-state index contributed by atoms with van der Waals surface area (Å²) >= 11 is 5.89. The van der Waals surface area contributed by atoms with Crippen LogP contribution >= 0.6 is 11.6 Å². The zero-order valence-corrected chi connectivity index (χ0v) is 10.4. The van der Waals surface area contributed by atoms with Crippen molar-refractivity contribution in [1.29, 1.82) is 0 Å². The average Bonchev–Trinajstić information content (AvgIpc) is 2.85. The first-order valence-corrected chi connectivity index (χ1v) is 6.45. The van der Waals surface area contributed by atoms with Gasteiger partial charge in [0.05, 0.1) is 6.61 Å². The molecule has 2 atom stereocenters. The maximum atomic E-state index is 9.66. The fourth-order valence-corrected chi connectivity index (χ4v) is 3.49. The number of fused-ring (bicyclic) bond motifs is 1. The lowest BCUT2D eigenvalue weighted by Crippen LogP contribution is -2.31. The van der Waals surface area contributed by atoms with Crippen molar-refractivity contribution < 1.29 is 5.11 Å². The monoisotopic (exact) mass is 253 g/mol.